The molecule has 0 aromatic carbocycles. The number of nitrogens with one attached hydrogen (secondary N) is 2. The highest BCUT2D eigenvalue weighted by Gasteiger charge is 2.08. The number of aliphatic hydroxyl groups is 1. The third-order valence-corrected chi connectivity index (χ3v) is 3.50. The van der Waals surface area contributed by atoms with Gasteiger partial charge in [-0.3, -0.25) is 0 Å². The lowest BCUT2D eigenvalue weighted by Gasteiger charge is -2.18. The van der Waals surface area contributed by atoms with Gasteiger partial charge in [-0.05, 0) is 32.1 Å². The first-order valence-corrected chi connectivity index (χ1v) is 8.30. The van der Waals surface area contributed by atoms with Gasteiger partial charge >= 0.3 is 0 Å². The molecule has 1 rings (SSSR count). The topological polar surface area (TPSA) is 82.7 Å². The zero-order valence-corrected chi connectivity index (χ0v) is 16.8. The van der Waals surface area contributed by atoms with Gasteiger partial charge < -0.3 is 20.3 Å². The average Bonchev–Trinajstić information content (AvgIpc) is 2.98. The molecule has 23 heavy (non-hydrogen) atoms. The standard InChI is InChI=1S/C16H30N4O2.HI/c1-4-7-13(8-9-21)11-18-16(17-6-3)19-12-15-10-14(5-2)20-22-15;/h10,13,21H,4-9,11-12H2,1-3H3,(H2,17,18,19);1H. The highest BCUT2D eigenvalue weighted by molar-refractivity contribution is 14.0. The van der Waals surface area contributed by atoms with Crippen LogP contribution in [-0.2, 0) is 13.0 Å². The van der Waals surface area contributed by atoms with Gasteiger partial charge in [0.05, 0.1) is 5.69 Å². The minimum absolute atomic E-state index is 0. The van der Waals surface area contributed by atoms with Crippen molar-refractivity contribution >= 4 is 29.9 Å². The van der Waals surface area contributed by atoms with Gasteiger partial charge in [-0.25, -0.2) is 4.99 Å². The lowest BCUT2D eigenvalue weighted by atomic mass is 10.0. The fraction of sp³-hybridized carbons (Fsp3) is 0.750. The maximum absolute atomic E-state index is 9.12. The smallest absolute Gasteiger partial charge is 0.191 e. The molecule has 134 valence electrons. The molecule has 0 aliphatic heterocycles. The zero-order chi connectivity index (χ0) is 16.2. The summed E-state index contributed by atoms with van der Waals surface area (Å²) in [5.41, 5.74) is 0.953. The summed E-state index contributed by atoms with van der Waals surface area (Å²) in [5, 5.41) is 19.7. The van der Waals surface area contributed by atoms with Crippen molar-refractivity contribution in [1.29, 1.82) is 0 Å². The van der Waals surface area contributed by atoms with Crippen molar-refractivity contribution in [1.82, 2.24) is 15.8 Å². The molecule has 0 radical (unpaired) electrons. The summed E-state index contributed by atoms with van der Waals surface area (Å²) in [6.07, 6.45) is 3.92. The summed E-state index contributed by atoms with van der Waals surface area (Å²) < 4.78 is 5.24. The van der Waals surface area contributed by atoms with E-state index in [0.717, 1.165) is 56.2 Å². The number of rotatable bonds is 10. The van der Waals surface area contributed by atoms with Crippen LogP contribution in [0.5, 0.6) is 0 Å². The summed E-state index contributed by atoms with van der Waals surface area (Å²) in [4.78, 5) is 4.52. The molecule has 0 aliphatic carbocycles. The Morgan fingerprint density at radius 1 is 1.30 bits per heavy atom. The van der Waals surface area contributed by atoms with Gasteiger partial charge in [0, 0.05) is 25.8 Å². The van der Waals surface area contributed by atoms with Crippen LogP contribution in [-0.4, -0.2) is 35.9 Å². The van der Waals surface area contributed by atoms with Crippen molar-refractivity contribution < 1.29 is 9.63 Å². The molecular formula is C16H31IN4O2. The summed E-state index contributed by atoms with van der Waals surface area (Å²) >= 11 is 0. The Bertz CT molecular complexity index is 431. The van der Waals surface area contributed by atoms with Crippen LogP contribution < -0.4 is 10.6 Å². The molecule has 6 nitrogen and oxygen atoms in total. The number of hydrogen-bond donors (Lipinski definition) is 3. The van der Waals surface area contributed by atoms with Crippen LogP contribution in [0.4, 0.5) is 0 Å². The SMILES string of the molecule is CCCC(CCO)CNC(=NCc1cc(CC)no1)NCC.I. The van der Waals surface area contributed by atoms with E-state index in [0.29, 0.717) is 12.5 Å². The van der Waals surface area contributed by atoms with E-state index in [1.54, 1.807) is 0 Å². The van der Waals surface area contributed by atoms with Gasteiger partial charge in [0.1, 0.15) is 6.54 Å². The van der Waals surface area contributed by atoms with E-state index < -0.39 is 0 Å². The largest absolute Gasteiger partial charge is 0.396 e. The predicted molar refractivity (Wildman–Crippen MR) is 104 cm³/mol. The molecule has 0 saturated heterocycles. The highest BCUT2D eigenvalue weighted by Crippen LogP contribution is 2.09. The molecule has 1 aromatic heterocycles. The fourth-order valence-electron chi connectivity index (χ4n) is 2.28. The predicted octanol–water partition coefficient (Wildman–Crippen LogP) is 2.71. The third-order valence-electron chi connectivity index (χ3n) is 3.50. The number of aliphatic hydroxyl groups excluding tert-OH is 1. The first-order chi connectivity index (χ1) is 10.7. The van der Waals surface area contributed by atoms with E-state index in [1.807, 2.05) is 19.9 Å². The first kappa shape index (κ1) is 22.2. The number of aromatic nitrogens is 1. The minimum atomic E-state index is 0. The molecule has 0 aliphatic rings. The number of aryl methyl sites for hydroxylation is 1. The van der Waals surface area contributed by atoms with Gasteiger partial charge in [-0.1, -0.05) is 25.4 Å². The van der Waals surface area contributed by atoms with Crippen LogP contribution in [0.3, 0.4) is 0 Å². The second-order valence-corrected chi connectivity index (χ2v) is 5.38. The second-order valence-electron chi connectivity index (χ2n) is 5.38. The summed E-state index contributed by atoms with van der Waals surface area (Å²) in [7, 11) is 0. The molecule has 0 bridgehead atoms. The molecule has 0 spiro atoms. The Hall–Kier alpha value is -0.830. The van der Waals surface area contributed by atoms with E-state index in [2.05, 4.69) is 27.7 Å². The zero-order valence-electron chi connectivity index (χ0n) is 14.5. The Kier molecular flexibility index (Phi) is 13.1. The van der Waals surface area contributed by atoms with Crippen LogP contribution in [0.25, 0.3) is 0 Å². The maximum Gasteiger partial charge on any atom is 0.191 e. The Labute approximate surface area is 156 Å². The third kappa shape index (κ3) is 9.14. The Morgan fingerprint density at radius 3 is 2.65 bits per heavy atom. The molecule has 1 unspecified atom stereocenters. The lowest BCUT2D eigenvalue weighted by molar-refractivity contribution is 0.251. The highest BCUT2D eigenvalue weighted by atomic mass is 127. The molecule has 3 N–H and O–H groups in total. The molecular weight excluding hydrogens is 407 g/mol. The Morgan fingerprint density at radius 2 is 2.09 bits per heavy atom. The van der Waals surface area contributed by atoms with Gasteiger partial charge in [0.15, 0.2) is 11.7 Å². The van der Waals surface area contributed by atoms with Crippen LogP contribution in [0.15, 0.2) is 15.6 Å². The van der Waals surface area contributed by atoms with E-state index in [1.165, 1.54) is 0 Å². The van der Waals surface area contributed by atoms with E-state index in [-0.39, 0.29) is 30.6 Å². The molecule has 1 aromatic rings. The van der Waals surface area contributed by atoms with Crippen LogP contribution in [0, 0.1) is 5.92 Å². The van der Waals surface area contributed by atoms with Crippen LogP contribution in [0.1, 0.15) is 51.5 Å². The maximum atomic E-state index is 9.12. The number of guanidine groups is 1. The van der Waals surface area contributed by atoms with E-state index in [4.69, 9.17) is 9.63 Å². The van der Waals surface area contributed by atoms with Crippen molar-refractivity contribution in [2.24, 2.45) is 10.9 Å². The van der Waals surface area contributed by atoms with Gasteiger partial charge in [-0.2, -0.15) is 0 Å². The molecule has 7 heteroatoms. The molecule has 0 fully saturated rings. The number of hydrogen-bond acceptors (Lipinski definition) is 4. The van der Waals surface area contributed by atoms with Crippen molar-refractivity contribution in [3.8, 4) is 0 Å². The van der Waals surface area contributed by atoms with Crippen molar-refractivity contribution in [3.63, 3.8) is 0 Å². The summed E-state index contributed by atoms with van der Waals surface area (Å²) in [6, 6.07) is 1.94. The molecule has 1 heterocycles. The van der Waals surface area contributed by atoms with Gasteiger partial charge in [0.2, 0.25) is 0 Å². The van der Waals surface area contributed by atoms with E-state index >= 15 is 0 Å². The molecule has 0 amide bonds. The number of nitrogens with zero attached hydrogens (tertiary/aromatic N) is 2. The first-order valence-electron chi connectivity index (χ1n) is 8.30. The Balaban J connectivity index is 0.00000484. The normalized spacial score (nSPS) is 12.6. The monoisotopic (exact) mass is 438 g/mol. The quantitative estimate of drug-likeness (QED) is 0.297. The lowest BCUT2D eigenvalue weighted by Crippen LogP contribution is -2.40. The van der Waals surface area contributed by atoms with E-state index in [9.17, 15) is 0 Å². The van der Waals surface area contributed by atoms with Crippen molar-refractivity contribution in [3.05, 3.63) is 17.5 Å². The van der Waals surface area contributed by atoms with Crippen LogP contribution in [0.2, 0.25) is 0 Å². The summed E-state index contributed by atoms with van der Waals surface area (Å²) in [5.74, 6) is 2.02. The van der Waals surface area contributed by atoms with Gasteiger partial charge in [-0.15, -0.1) is 24.0 Å². The number of halogens is 1. The molecule has 0 saturated carbocycles. The molecule has 1 atom stereocenters. The minimum Gasteiger partial charge on any atom is -0.396 e. The van der Waals surface area contributed by atoms with Crippen molar-refractivity contribution in [2.75, 3.05) is 19.7 Å². The van der Waals surface area contributed by atoms with Gasteiger partial charge in [0.25, 0.3) is 0 Å². The number of aliphatic imine (C=N–C) groups is 1. The average molecular weight is 438 g/mol. The second kappa shape index (κ2) is 13.6. The van der Waals surface area contributed by atoms with Crippen molar-refractivity contribution in [2.45, 2.75) is 53.0 Å². The summed E-state index contributed by atoms with van der Waals surface area (Å²) in [6.45, 7) is 8.58. The fourth-order valence-corrected chi connectivity index (χ4v) is 2.28. The van der Waals surface area contributed by atoms with Crippen LogP contribution >= 0.6 is 24.0 Å².